The first kappa shape index (κ1) is 7.92. The molecule has 1 rings (SSSR count). The van der Waals surface area contributed by atoms with Crippen molar-refractivity contribution in [2.75, 3.05) is 6.79 Å². The molecular formula is C9H12O2. The molecule has 0 aromatic rings. The summed E-state index contributed by atoms with van der Waals surface area (Å²) < 4.78 is 10.4. The van der Waals surface area contributed by atoms with Crippen LogP contribution in [-0.2, 0) is 9.47 Å². The van der Waals surface area contributed by atoms with Crippen molar-refractivity contribution in [3.05, 3.63) is 35.8 Å². The fourth-order valence-corrected chi connectivity index (χ4v) is 0.904. The summed E-state index contributed by atoms with van der Waals surface area (Å²) in [6.07, 6.45) is 3.64. The second-order valence-corrected chi connectivity index (χ2v) is 2.28. The van der Waals surface area contributed by atoms with Gasteiger partial charge in [-0.05, 0) is 25.5 Å². The predicted molar refractivity (Wildman–Crippen MR) is 43.7 cm³/mol. The summed E-state index contributed by atoms with van der Waals surface area (Å²) in [6.45, 7) is 7.83. The zero-order valence-electron chi connectivity index (χ0n) is 6.89. The average molecular weight is 152 g/mol. The van der Waals surface area contributed by atoms with E-state index < -0.39 is 0 Å². The Kier molecular flexibility index (Phi) is 2.36. The smallest absolute Gasteiger partial charge is 0.231 e. The zero-order chi connectivity index (χ0) is 8.27. The largest absolute Gasteiger partial charge is 0.454 e. The van der Waals surface area contributed by atoms with Gasteiger partial charge < -0.3 is 9.47 Å². The monoisotopic (exact) mass is 152 g/mol. The summed E-state index contributed by atoms with van der Waals surface area (Å²) >= 11 is 0. The highest BCUT2D eigenvalue weighted by Gasteiger charge is 2.16. The Morgan fingerprint density at radius 3 is 2.82 bits per heavy atom. The van der Waals surface area contributed by atoms with Crippen LogP contribution in [0, 0.1) is 0 Å². The molecule has 0 unspecified atom stereocenters. The highest BCUT2D eigenvalue weighted by molar-refractivity contribution is 5.31. The van der Waals surface area contributed by atoms with E-state index in [1.165, 1.54) is 0 Å². The predicted octanol–water partition coefficient (Wildman–Crippen LogP) is 2.35. The normalized spacial score (nSPS) is 24.4. The maximum absolute atomic E-state index is 5.23. The third-order valence-corrected chi connectivity index (χ3v) is 1.57. The van der Waals surface area contributed by atoms with Crippen LogP contribution < -0.4 is 0 Å². The lowest BCUT2D eigenvalue weighted by atomic mass is 10.2. The first-order chi connectivity index (χ1) is 5.29. The second kappa shape index (κ2) is 3.28. The van der Waals surface area contributed by atoms with Gasteiger partial charge in [0.1, 0.15) is 0 Å². The second-order valence-electron chi connectivity index (χ2n) is 2.28. The van der Waals surface area contributed by atoms with Crippen LogP contribution in [0.3, 0.4) is 0 Å². The van der Waals surface area contributed by atoms with Crippen LogP contribution in [-0.4, -0.2) is 6.79 Å². The summed E-state index contributed by atoms with van der Waals surface area (Å²) in [5.74, 6) is 1.62. The Labute approximate surface area is 66.8 Å². The van der Waals surface area contributed by atoms with Crippen molar-refractivity contribution < 1.29 is 9.47 Å². The molecule has 60 valence electrons. The summed E-state index contributed by atoms with van der Waals surface area (Å²) in [6, 6.07) is 0. The van der Waals surface area contributed by atoms with Crippen molar-refractivity contribution >= 4 is 0 Å². The summed E-state index contributed by atoms with van der Waals surface area (Å²) in [5, 5.41) is 0. The quantitative estimate of drug-likeness (QED) is 0.574. The zero-order valence-corrected chi connectivity index (χ0v) is 6.89. The number of ether oxygens (including phenoxy) is 2. The molecule has 0 aliphatic carbocycles. The lowest BCUT2D eigenvalue weighted by Gasteiger charge is -1.97. The van der Waals surface area contributed by atoms with Gasteiger partial charge in [-0.15, -0.1) is 0 Å². The maximum atomic E-state index is 5.23. The minimum Gasteiger partial charge on any atom is -0.454 e. The number of allylic oxidation sites excluding steroid dienone is 3. The van der Waals surface area contributed by atoms with Crippen molar-refractivity contribution in [2.45, 2.75) is 13.8 Å². The Morgan fingerprint density at radius 1 is 1.55 bits per heavy atom. The van der Waals surface area contributed by atoms with Crippen LogP contribution >= 0.6 is 0 Å². The molecule has 1 saturated heterocycles. The minimum absolute atomic E-state index is 0.320. The molecule has 11 heavy (non-hydrogen) atoms. The van der Waals surface area contributed by atoms with Crippen molar-refractivity contribution in [2.24, 2.45) is 0 Å². The van der Waals surface area contributed by atoms with Crippen molar-refractivity contribution in [1.82, 2.24) is 0 Å². The third kappa shape index (κ3) is 1.45. The van der Waals surface area contributed by atoms with Crippen molar-refractivity contribution in [3.8, 4) is 0 Å². The number of hydrogen-bond acceptors (Lipinski definition) is 2. The molecule has 2 nitrogen and oxygen atoms in total. The van der Waals surface area contributed by atoms with E-state index in [2.05, 4.69) is 6.58 Å². The average Bonchev–Trinajstić information content (AvgIpc) is 2.50. The summed E-state index contributed by atoms with van der Waals surface area (Å²) in [5.41, 5.74) is 1.01. The Bertz CT molecular complexity index is 224. The molecule has 0 spiro atoms. The van der Waals surface area contributed by atoms with Gasteiger partial charge in [0.05, 0.1) is 0 Å². The topological polar surface area (TPSA) is 18.5 Å². The SMILES string of the molecule is C=C/C(C)=C1/OCO/C1=C/C. The van der Waals surface area contributed by atoms with E-state index >= 15 is 0 Å². The molecule has 1 fully saturated rings. The van der Waals surface area contributed by atoms with Crippen LogP contribution in [0.1, 0.15) is 13.8 Å². The molecule has 1 aliphatic rings. The molecule has 1 heterocycles. The lowest BCUT2D eigenvalue weighted by molar-refractivity contribution is 0.0971. The van der Waals surface area contributed by atoms with Crippen LogP contribution in [0.5, 0.6) is 0 Å². The van der Waals surface area contributed by atoms with Gasteiger partial charge in [0.25, 0.3) is 0 Å². The van der Waals surface area contributed by atoms with Gasteiger partial charge in [0.15, 0.2) is 11.5 Å². The molecule has 0 saturated carbocycles. The van der Waals surface area contributed by atoms with E-state index in [4.69, 9.17) is 9.47 Å². The van der Waals surface area contributed by atoms with E-state index in [-0.39, 0.29) is 0 Å². The fraction of sp³-hybridized carbons (Fsp3) is 0.333. The van der Waals surface area contributed by atoms with E-state index in [0.29, 0.717) is 6.79 Å². The Morgan fingerprint density at radius 2 is 2.27 bits per heavy atom. The standard InChI is InChI=1S/C9H12O2/c1-4-7(3)9-8(5-2)10-6-11-9/h4-5H,1,6H2,2-3H3/b8-5+,9-7+. The van der Waals surface area contributed by atoms with Gasteiger partial charge in [-0.25, -0.2) is 0 Å². The molecular weight excluding hydrogens is 140 g/mol. The molecule has 0 N–H and O–H groups in total. The van der Waals surface area contributed by atoms with Gasteiger partial charge in [-0.1, -0.05) is 12.7 Å². The number of rotatable bonds is 1. The molecule has 0 aromatic heterocycles. The van der Waals surface area contributed by atoms with Crippen LogP contribution in [0.4, 0.5) is 0 Å². The number of hydrogen-bond donors (Lipinski definition) is 0. The highest BCUT2D eigenvalue weighted by atomic mass is 16.7. The van der Waals surface area contributed by atoms with Gasteiger partial charge in [0.2, 0.25) is 6.79 Å². The molecule has 1 aliphatic heterocycles. The van der Waals surface area contributed by atoms with E-state index in [1.54, 1.807) is 6.08 Å². The van der Waals surface area contributed by atoms with E-state index in [9.17, 15) is 0 Å². The molecule has 0 aromatic carbocycles. The first-order valence-corrected chi connectivity index (χ1v) is 3.55. The minimum atomic E-state index is 0.320. The van der Waals surface area contributed by atoms with Crippen molar-refractivity contribution in [3.63, 3.8) is 0 Å². The Hall–Kier alpha value is -1.18. The summed E-state index contributed by atoms with van der Waals surface area (Å²) in [7, 11) is 0. The molecule has 0 atom stereocenters. The third-order valence-electron chi connectivity index (χ3n) is 1.57. The summed E-state index contributed by atoms with van der Waals surface area (Å²) in [4.78, 5) is 0. The van der Waals surface area contributed by atoms with Crippen LogP contribution in [0.15, 0.2) is 35.8 Å². The van der Waals surface area contributed by atoms with Crippen LogP contribution in [0.25, 0.3) is 0 Å². The maximum Gasteiger partial charge on any atom is 0.231 e. The molecule has 0 bridgehead atoms. The first-order valence-electron chi connectivity index (χ1n) is 3.55. The van der Waals surface area contributed by atoms with Gasteiger partial charge in [-0.3, -0.25) is 0 Å². The molecule has 2 heteroatoms. The highest BCUT2D eigenvalue weighted by Crippen LogP contribution is 2.24. The van der Waals surface area contributed by atoms with Gasteiger partial charge in [-0.2, -0.15) is 0 Å². The molecule has 0 radical (unpaired) electrons. The van der Waals surface area contributed by atoms with Crippen LogP contribution in [0.2, 0.25) is 0 Å². The Balaban J connectivity index is 2.96. The lowest BCUT2D eigenvalue weighted by Crippen LogP contribution is -1.85. The van der Waals surface area contributed by atoms with Gasteiger partial charge in [0, 0.05) is 0 Å². The van der Waals surface area contributed by atoms with Crippen molar-refractivity contribution in [1.29, 1.82) is 0 Å². The van der Waals surface area contributed by atoms with E-state index in [0.717, 1.165) is 17.1 Å². The fourth-order valence-electron chi connectivity index (χ4n) is 0.904. The molecule has 0 amide bonds. The van der Waals surface area contributed by atoms with Gasteiger partial charge >= 0.3 is 0 Å². The van der Waals surface area contributed by atoms with E-state index in [1.807, 2.05) is 19.9 Å².